The van der Waals surface area contributed by atoms with Gasteiger partial charge >= 0.3 is 0 Å². The minimum Gasteiger partial charge on any atom is -0.329 e. The molecule has 1 aliphatic rings. The molecule has 3 aromatic rings. The Bertz CT molecular complexity index is 984. The molecule has 9 heteroatoms. The van der Waals surface area contributed by atoms with Crippen molar-refractivity contribution in [1.29, 1.82) is 0 Å². The van der Waals surface area contributed by atoms with Gasteiger partial charge in [0.05, 0.1) is 11.7 Å². The van der Waals surface area contributed by atoms with Gasteiger partial charge in [0, 0.05) is 18.7 Å². The van der Waals surface area contributed by atoms with Gasteiger partial charge in [-0.15, -0.1) is 0 Å². The van der Waals surface area contributed by atoms with E-state index in [1.165, 1.54) is 35.8 Å². The van der Waals surface area contributed by atoms with E-state index in [9.17, 15) is 9.18 Å². The Kier molecular flexibility index (Phi) is 4.51. The molecule has 0 aliphatic carbocycles. The van der Waals surface area contributed by atoms with Crippen molar-refractivity contribution >= 4 is 40.0 Å². The van der Waals surface area contributed by atoms with E-state index in [1.54, 1.807) is 0 Å². The number of imidazole rings is 1. The monoisotopic (exact) mass is 483 g/mol. The van der Waals surface area contributed by atoms with Crippen LogP contribution in [-0.2, 0) is 6.54 Å². The lowest BCUT2D eigenvalue weighted by molar-refractivity contribution is 0.0643. The fraction of sp³-hybridized carbons (Fsp3) is 0.294. The maximum Gasteiger partial charge on any atom is 0.254 e. The summed E-state index contributed by atoms with van der Waals surface area (Å²) in [5, 5.41) is 0.789. The average molecular weight is 483 g/mol. The minimum absolute atomic E-state index is 0.103. The molecule has 1 aliphatic heterocycles. The Morgan fingerprint density at radius 3 is 2.65 bits per heavy atom. The summed E-state index contributed by atoms with van der Waals surface area (Å²) >= 11 is 3.53. The highest BCUT2D eigenvalue weighted by Crippen LogP contribution is 2.34. The van der Waals surface area contributed by atoms with Crippen molar-refractivity contribution in [2.75, 3.05) is 6.54 Å². The zero-order chi connectivity index (χ0) is 18.4. The molecule has 0 saturated heterocycles. The molecular formula is C17H15FIN5OS. The highest BCUT2D eigenvalue weighted by atomic mass is 127. The third kappa shape index (κ3) is 2.92. The molecule has 1 atom stereocenters. The van der Waals surface area contributed by atoms with Gasteiger partial charge in [-0.05, 0) is 72.2 Å². The van der Waals surface area contributed by atoms with Crippen molar-refractivity contribution in [2.24, 2.45) is 0 Å². The SMILES string of the molecule is Cc1nsc(-c2nc(I)c3n2CCN(C(=O)c2ccc(F)cc2)C3C)n1. The van der Waals surface area contributed by atoms with Gasteiger partial charge in [-0.3, -0.25) is 4.79 Å². The first-order valence-corrected chi connectivity index (χ1v) is 9.94. The highest BCUT2D eigenvalue weighted by Gasteiger charge is 2.33. The topological polar surface area (TPSA) is 63.9 Å². The average Bonchev–Trinajstić information content (AvgIpc) is 3.19. The van der Waals surface area contributed by atoms with E-state index < -0.39 is 0 Å². The Labute approximate surface area is 167 Å². The molecule has 2 aromatic heterocycles. The standard InChI is InChI=1S/C17H15FIN5OS/c1-9-13-14(19)21-15(16-20-10(2)22-26-16)24(13)8-7-23(9)17(25)11-3-5-12(18)6-4-11/h3-6,9H,7-8H2,1-2H3. The van der Waals surface area contributed by atoms with E-state index in [-0.39, 0.29) is 17.8 Å². The van der Waals surface area contributed by atoms with E-state index in [4.69, 9.17) is 0 Å². The van der Waals surface area contributed by atoms with Gasteiger partial charge in [0.25, 0.3) is 5.91 Å². The van der Waals surface area contributed by atoms with Crippen LogP contribution in [0.4, 0.5) is 4.39 Å². The molecule has 6 nitrogen and oxygen atoms in total. The molecule has 0 spiro atoms. The number of halogens is 2. The van der Waals surface area contributed by atoms with Crippen LogP contribution in [0.1, 0.15) is 34.8 Å². The van der Waals surface area contributed by atoms with Gasteiger partial charge in [-0.1, -0.05) is 0 Å². The summed E-state index contributed by atoms with van der Waals surface area (Å²) in [6.45, 7) is 5.04. The summed E-state index contributed by atoms with van der Waals surface area (Å²) in [6.07, 6.45) is 0. The number of nitrogens with zero attached hydrogens (tertiary/aromatic N) is 5. The molecule has 0 bridgehead atoms. The zero-order valence-electron chi connectivity index (χ0n) is 14.1. The first kappa shape index (κ1) is 17.5. The summed E-state index contributed by atoms with van der Waals surface area (Å²) in [7, 11) is 0. The van der Waals surface area contributed by atoms with Crippen LogP contribution in [0.5, 0.6) is 0 Å². The van der Waals surface area contributed by atoms with E-state index in [1.807, 2.05) is 18.7 Å². The number of carbonyl (C=O) groups excluding carboxylic acids is 1. The fourth-order valence-electron chi connectivity index (χ4n) is 3.20. The van der Waals surface area contributed by atoms with Crippen molar-refractivity contribution in [2.45, 2.75) is 26.4 Å². The number of benzene rings is 1. The molecule has 1 unspecified atom stereocenters. The van der Waals surface area contributed by atoms with E-state index in [0.717, 1.165) is 26.1 Å². The summed E-state index contributed by atoms with van der Waals surface area (Å²) in [6, 6.07) is 5.54. The molecule has 134 valence electrons. The lowest BCUT2D eigenvalue weighted by Crippen LogP contribution is -2.41. The smallest absolute Gasteiger partial charge is 0.254 e. The Morgan fingerprint density at radius 2 is 2.00 bits per heavy atom. The molecule has 1 amide bonds. The Morgan fingerprint density at radius 1 is 1.27 bits per heavy atom. The van der Waals surface area contributed by atoms with Crippen LogP contribution >= 0.6 is 34.1 Å². The van der Waals surface area contributed by atoms with Crippen LogP contribution in [0.3, 0.4) is 0 Å². The largest absolute Gasteiger partial charge is 0.329 e. The number of amides is 1. The molecule has 4 rings (SSSR count). The van der Waals surface area contributed by atoms with Gasteiger partial charge in [0.15, 0.2) is 10.8 Å². The maximum absolute atomic E-state index is 13.1. The predicted molar refractivity (Wildman–Crippen MR) is 104 cm³/mol. The van der Waals surface area contributed by atoms with Crippen LogP contribution in [0.25, 0.3) is 10.8 Å². The second kappa shape index (κ2) is 6.69. The van der Waals surface area contributed by atoms with Crippen molar-refractivity contribution in [3.8, 4) is 10.8 Å². The van der Waals surface area contributed by atoms with Crippen molar-refractivity contribution in [1.82, 2.24) is 23.8 Å². The normalized spacial score (nSPS) is 16.6. The van der Waals surface area contributed by atoms with Crippen LogP contribution in [0.2, 0.25) is 0 Å². The lowest BCUT2D eigenvalue weighted by Gasteiger charge is -2.35. The van der Waals surface area contributed by atoms with Crippen LogP contribution < -0.4 is 0 Å². The number of hydrogen-bond acceptors (Lipinski definition) is 5. The maximum atomic E-state index is 13.1. The highest BCUT2D eigenvalue weighted by molar-refractivity contribution is 14.1. The van der Waals surface area contributed by atoms with Crippen molar-refractivity contribution < 1.29 is 9.18 Å². The first-order chi connectivity index (χ1) is 12.5. The molecular weight excluding hydrogens is 468 g/mol. The lowest BCUT2D eigenvalue weighted by atomic mass is 10.1. The van der Waals surface area contributed by atoms with Gasteiger partial charge in [-0.25, -0.2) is 14.4 Å². The third-order valence-electron chi connectivity index (χ3n) is 4.46. The zero-order valence-corrected chi connectivity index (χ0v) is 17.1. The summed E-state index contributed by atoms with van der Waals surface area (Å²) in [5.41, 5.74) is 1.48. The molecule has 0 radical (unpaired) electrons. The van der Waals surface area contributed by atoms with Gasteiger partial charge in [-0.2, -0.15) is 4.37 Å². The third-order valence-corrected chi connectivity index (χ3v) is 6.06. The van der Waals surface area contributed by atoms with E-state index >= 15 is 0 Å². The molecule has 26 heavy (non-hydrogen) atoms. The number of carbonyl (C=O) groups is 1. The van der Waals surface area contributed by atoms with Gasteiger partial charge in [0.1, 0.15) is 15.3 Å². The Hall–Kier alpha value is -1.88. The summed E-state index contributed by atoms with van der Waals surface area (Å²) in [4.78, 5) is 23.8. The van der Waals surface area contributed by atoms with Gasteiger partial charge < -0.3 is 9.47 Å². The quantitative estimate of drug-likeness (QED) is 0.522. The Balaban J connectivity index is 1.69. The second-order valence-electron chi connectivity index (χ2n) is 6.09. The molecule has 0 N–H and O–H groups in total. The van der Waals surface area contributed by atoms with E-state index in [0.29, 0.717) is 18.7 Å². The molecule has 3 heterocycles. The summed E-state index contributed by atoms with van der Waals surface area (Å²) in [5.74, 6) is 1.08. The van der Waals surface area contributed by atoms with Crippen LogP contribution in [-0.4, -0.2) is 36.3 Å². The number of hydrogen-bond donors (Lipinski definition) is 0. The van der Waals surface area contributed by atoms with Crippen molar-refractivity contribution in [3.63, 3.8) is 0 Å². The molecule has 0 fully saturated rings. The number of aromatic nitrogens is 4. The fourth-order valence-corrected chi connectivity index (χ4v) is 4.84. The van der Waals surface area contributed by atoms with Crippen molar-refractivity contribution in [3.05, 3.63) is 50.9 Å². The molecule has 0 saturated carbocycles. The number of rotatable bonds is 2. The predicted octanol–water partition coefficient (Wildman–Crippen LogP) is 3.67. The van der Waals surface area contributed by atoms with Crippen LogP contribution in [0, 0.1) is 16.4 Å². The number of aryl methyl sites for hydroxylation is 1. The molecule has 1 aromatic carbocycles. The van der Waals surface area contributed by atoms with Crippen LogP contribution in [0.15, 0.2) is 24.3 Å². The summed E-state index contributed by atoms with van der Waals surface area (Å²) < 4.78 is 20.4. The first-order valence-electron chi connectivity index (χ1n) is 8.09. The minimum atomic E-state index is -0.349. The van der Waals surface area contributed by atoms with E-state index in [2.05, 4.69) is 41.5 Å². The second-order valence-corrected chi connectivity index (χ2v) is 7.86. The van der Waals surface area contributed by atoms with Gasteiger partial charge in [0.2, 0.25) is 0 Å². The number of fused-ring (bicyclic) bond motifs is 1.